The number of urea groups is 1. The van der Waals surface area contributed by atoms with Gasteiger partial charge in [0.05, 0.1) is 12.0 Å². The van der Waals surface area contributed by atoms with Crippen LogP contribution in [0.4, 0.5) is 4.79 Å². The van der Waals surface area contributed by atoms with Gasteiger partial charge in [0.25, 0.3) is 0 Å². The highest BCUT2D eigenvalue weighted by Gasteiger charge is 2.35. The van der Waals surface area contributed by atoms with E-state index < -0.39 is 6.03 Å². The fraction of sp³-hybridized carbons (Fsp3) is 0.579. The molecule has 0 aliphatic carbocycles. The Morgan fingerprint density at radius 2 is 2.00 bits per heavy atom. The number of rotatable bonds is 3. The molecule has 3 amide bonds. The summed E-state index contributed by atoms with van der Waals surface area (Å²) in [5.74, 6) is 0.00813. The van der Waals surface area contributed by atoms with Crippen LogP contribution in [0.3, 0.4) is 0 Å². The summed E-state index contributed by atoms with van der Waals surface area (Å²) in [4.78, 5) is 28.2. The van der Waals surface area contributed by atoms with Gasteiger partial charge in [-0.05, 0) is 30.4 Å². The van der Waals surface area contributed by atoms with Gasteiger partial charge >= 0.3 is 6.03 Å². The Labute approximate surface area is 149 Å². The van der Waals surface area contributed by atoms with Gasteiger partial charge in [-0.2, -0.15) is 0 Å². The second kappa shape index (κ2) is 7.87. The lowest BCUT2D eigenvalue weighted by molar-refractivity contribution is -0.140. The van der Waals surface area contributed by atoms with Gasteiger partial charge in [-0.15, -0.1) is 0 Å². The summed E-state index contributed by atoms with van der Waals surface area (Å²) in [6, 6.07) is 8.17. The molecule has 0 bridgehead atoms. The van der Waals surface area contributed by atoms with Crippen LogP contribution < -0.4 is 11.1 Å². The molecule has 1 aromatic carbocycles. The molecule has 2 aliphatic rings. The largest absolute Gasteiger partial charge is 0.351 e. The number of benzene rings is 1. The lowest BCUT2D eigenvalue weighted by atomic mass is 9.94. The van der Waals surface area contributed by atoms with Crippen LogP contribution in [0, 0.1) is 5.92 Å². The highest BCUT2D eigenvalue weighted by Crippen LogP contribution is 2.27. The third-order valence-corrected chi connectivity index (χ3v) is 5.38. The van der Waals surface area contributed by atoms with E-state index in [4.69, 9.17) is 5.73 Å². The maximum atomic E-state index is 13.1. The van der Waals surface area contributed by atoms with Gasteiger partial charge in [-0.25, -0.2) is 4.79 Å². The molecule has 6 heteroatoms. The van der Waals surface area contributed by atoms with Gasteiger partial charge in [0.1, 0.15) is 0 Å². The summed E-state index contributed by atoms with van der Waals surface area (Å²) in [6.45, 7) is 5.51. The maximum absolute atomic E-state index is 13.1. The van der Waals surface area contributed by atoms with Crippen molar-refractivity contribution in [1.82, 2.24) is 15.1 Å². The van der Waals surface area contributed by atoms with Gasteiger partial charge in [-0.3, -0.25) is 4.79 Å². The number of piperidine rings is 1. The predicted molar refractivity (Wildman–Crippen MR) is 97.0 cm³/mol. The second-order valence-corrected chi connectivity index (χ2v) is 6.97. The SMILES string of the molecule is CCc1ccc(C2CNCCN2C(=O)C2CCCN(C(N)=O)C2)cc1. The highest BCUT2D eigenvalue weighted by atomic mass is 16.2. The number of likely N-dealkylation sites (tertiary alicyclic amines) is 1. The minimum absolute atomic E-state index is 0.0520. The Hall–Kier alpha value is -2.08. The fourth-order valence-corrected chi connectivity index (χ4v) is 3.85. The highest BCUT2D eigenvalue weighted by molar-refractivity contribution is 5.81. The molecule has 6 nitrogen and oxygen atoms in total. The lowest BCUT2D eigenvalue weighted by Gasteiger charge is -2.40. The number of hydrogen-bond donors (Lipinski definition) is 2. The number of carbonyl (C=O) groups excluding carboxylic acids is 2. The number of aryl methyl sites for hydroxylation is 1. The van der Waals surface area contributed by atoms with Crippen molar-refractivity contribution in [3.8, 4) is 0 Å². The quantitative estimate of drug-likeness (QED) is 0.872. The first-order chi connectivity index (χ1) is 12.1. The minimum atomic E-state index is -0.426. The monoisotopic (exact) mass is 344 g/mol. The standard InChI is InChI=1S/C19H28N4O2/c1-2-14-5-7-15(8-6-14)17-12-21-9-11-23(17)18(24)16-4-3-10-22(13-16)19(20)25/h5-8,16-17,21H,2-4,9-13H2,1H3,(H2,20,25). The third kappa shape index (κ3) is 3.95. The Bertz CT molecular complexity index is 616. The molecule has 1 aromatic rings. The van der Waals surface area contributed by atoms with Crippen molar-refractivity contribution in [2.45, 2.75) is 32.2 Å². The number of hydrogen-bond acceptors (Lipinski definition) is 3. The molecular formula is C19H28N4O2. The molecule has 0 spiro atoms. The third-order valence-electron chi connectivity index (χ3n) is 5.38. The zero-order valence-electron chi connectivity index (χ0n) is 14.9. The molecule has 136 valence electrons. The number of primary amides is 1. The van der Waals surface area contributed by atoms with Crippen LogP contribution in [0.5, 0.6) is 0 Å². The van der Waals surface area contributed by atoms with E-state index in [1.807, 2.05) is 4.90 Å². The van der Waals surface area contributed by atoms with Gasteiger partial charge in [0, 0.05) is 32.7 Å². The summed E-state index contributed by atoms with van der Waals surface area (Å²) < 4.78 is 0. The van der Waals surface area contributed by atoms with E-state index >= 15 is 0 Å². The molecule has 2 saturated heterocycles. The molecule has 2 aliphatic heterocycles. The Morgan fingerprint density at radius 3 is 2.68 bits per heavy atom. The maximum Gasteiger partial charge on any atom is 0.314 e. The molecule has 3 N–H and O–H groups in total. The van der Waals surface area contributed by atoms with E-state index in [0.29, 0.717) is 19.6 Å². The molecule has 0 aromatic heterocycles. The number of nitrogens with zero attached hydrogens (tertiary/aromatic N) is 2. The van der Waals surface area contributed by atoms with Crippen LogP contribution >= 0.6 is 0 Å². The average molecular weight is 344 g/mol. The molecule has 25 heavy (non-hydrogen) atoms. The molecule has 2 fully saturated rings. The fourth-order valence-electron chi connectivity index (χ4n) is 3.85. The van der Waals surface area contributed by atoms with Crippen molar-refractivity contribution in [3.05, 3.63) is 35.4 Å². The zero-order valence-corrected chi connectivity index (χ0v) is 14.9. The van der Waals surface area contributed by atoms with Crippen LogP contribution in [0.2, 0.25) is 0 Å². The van der Waals surface area contributed by atoms with E-state index in [1.165, 1.54) is 11.1 Å². The smallest absolute Gasteiger partial charge is 0.314 e. The van der Waals surface area contributed by atoms with Crippen molar-refractivity contribution in [2.75, 3.05) is 32.7 Å². The van der Waals surface area contributed by atoms with Crippen LogP contribution in [-0.2, 0) is 11.2 Å². The number of carbonyl (C=O) groups is 2. The summed E-state index contributed by atoms with van der Waals surface area (Å²) in [6.07, 6.45) is 2.67. The van der Waals surface area contributed by atoms with E-state index in [-0.39, 0.29) is 17.9 Å². The van der Waals surface area contributed by atoms with Crippen molar-refractivity contribution in [1.29, 1.82) is 0 Å². The second-order valence-electron chi connectivity index (χ2n) is 6.97. The summed E-state index contributed by atoms with van der Waals surface area (Å²) in [5.41, 5.74) is 7.87. The molecule has 2 heterocycles. The topological polar surface area (TPSA) is 78.7 Å². The number of nitrogens with two attached hydrogens (primary N) is 1. The molecule has 0 radical (unpaired) electrons. The Balaban J connectivity index is 1.75. The first-order valence-electron chi connectivity index (χ1n) is 9.24. The minimum Gasteiger partial charge on any atom is -0.351 e. The van der Waals surface area contributed by atoms with Crippen LogP contribution in [-0.4, -0.2) is 54.5 Å². The van der Waals surface area contributed by atoms with Crippen molar-refractivity contribution in [2.24, 2.45) is 11.7 Å². The van der Waals surface area contributed by atoms with Crippen LogP contribution in [0.1, 0.15) is 36.9 Å². The molecule has 3 rings (SSSR count). The molecule has 0 saturated carbocycles. The van der Waals surface area contributed by atoms with Crippen molar-refractivity contribution >= 4 is 11.9 Å². The average Bonchev–Trinajstić information content (AvgIpc) is 2.67. The van der Waals surface area contributed by atoms with Crippen molar-refractivity contribution in [3.63, 3.8) is 0 Å². The van der Waals surface area contributed by atoms with E-state index in [1.54, 1.807) is 4.90 Å². The predicted octanol–water partition coefficient (Wildman–Crippen LogP) is 1.51. The number of nitrogens with one attached hydrogen (secondary N) is 1. The number of piperazine rings is 1. The number of amides is 3. The first kappa shape index (κ1) is 17.7. The molecular weight excluding hydrogens is 316 g/mol. The van der Waals surface area contributed by atoms with Crippen molar-refractivity contribution < 1.29 is 9.59 Å². The van der Waals surface area contributed by atoms with Gasteiger partial charge < -0.3 is 20.9 Å². The lowest BCUT2D eigenvalue weighted by Crippen LogP contribution is -2.53. The normalized spacial score (nSPS) is 24.2. The van der Waals surface area contributed by atoms with Gasteiger partial charge in [0.2, 0.25) is 5.91 Å². The van der Waals surface area contributed by atoms with Crippen LogP contribution in [0.15, 0.2) is 24.3 Å². The summed E-state index contributed by atoms with van der Waals surface area (Å²) >= 11 is 0. The first-order valence-corrected chi connectivity index (χ1v) is 9.24. The van der Waals surface area contributed by atoms with Crippen LogP contribution in [0.25, 0.3) is 0 Å². The van der Waals surface area contributed by atoms with E-state index in [0.717, 1.165) is 32.4 Å². The zero-order chi connectivity index (χ0) is 17.8. The van der Waals surface area contributed by atoms with Gasteiger partial charge in [0.15, 0.2) is 0 Å². The van der Waals surface area contributed by atoms with E-state index in [9.17, 15) is 9.59 Å². The van der Waals surface area contributed by atoms with Gasteiger partial charge in [-0.1, -0.05) is 31.2 Å². The molecule has 2 atom stereocenters. The Kier molecular flexibility index (Phi) is 5.58. The molecule has 2 unspecified atom stereocenters. The summed E-state index contributed by atoms with van der Waals surface area (Å²) in [7, 11) is 0. The van der Waals surface area contributed by atoms with E-state index in [2.05, 4.69) is 36.5 Å². The summed E-state index contributed by atoms with van der Waals surface area (Å²) in [5, 5.41) is 3.40. The Morgan fingerprint density at radius 1 is 1.24 bits per heavy atom.